The van der Waals surface area contributed by atoms with Crippen LogP contribution in [0.5, 0.6) is 0 Å². The molecule has 1 amide bonds. The van der Waals surface area contributed by atoms with Gasteiger partial charge in [-0.15, -0.1) is 0 Å². The second kappa shape index (κ2) is 8.37. The van der Waals surface area contributed by atoms with E-state index in [1.54, 1.807) is 18.2 Å². The number of benzene rings is 3. The zero-order valence-corrected chi connectivity index (χ0v) is 19.0. The number of carbonyl (C=O) groups excluding carboxylic acids is 1. The molecular formula is C25H24N4O3S. The molecule has 1 aromatic heterocycles. The Kier molecular flexibility index (Phi) is 5.38. The molecule has 0 spiro atoms. The molecule has 2 N–H and O–H groups in total. The Hall–Kier alpha value is -3.65. The number of sulfonamides is 1. The number of nitrogens with one attached hydrogen (secondary N) is 2. The predicted molar refractivity (Wildman–Crippen MR) is 129 cm³/mol. The summed E-state index contributed by atoms with van der Waals surface area (Å²) >= 11 is 0. The molecule has 0 radical (unpaired) electrons. The largest absolute Gasteiger partial charge is 0.342 e. The minimum absolute atomic E-state index is 0.225. The Bertz CT molecular complexity index is 1400. The van der Waals surface area contributed by atoms with Crippen LogP contribution in [-0.4, -0.2) is 37.1 Å². The van der Waals surface area contributed by atoms with Gasteiger partial charge in [0.25, 0.3) is 5.91 Å². The normalized spacial score (nSPS) is 14.3. The van der Waals surface area contributed by atoms with E-state index in [4.69, 9.17) is 4.98 Å². The van der Waals surface area contributed by atoms with Gasteiger partial charge in [-0.3, -0.25) is 9.10 Å². The van der Waals surface area contributed by atoms with Gasteiger partial charge in [0.1, 0.15) is 5.82 Å². The first-order valence-electron chi connectivity index (χ1n) is 10.8. The molecule has 2 heterocycles. The maximum atomic E-state index is 13.2. The van der Waals surface area contributed by atoms with Gasteiger partial charge in [0.2, 0.25) is 10.0 Å². The molecule has 168 valence electrons. The number of imidazole rings is 1. The summed E-state index contributed by atoms with van der Waals surface area (Å²) in [5.74, 6) is 0.467. The lowest BCUT2D eigenvalue weighted by Crippen LogP contribution is -2.31. The molecule has 1 atom stereocenters. The van der Waals surface area contributed by atoms with Gasteiger partial charge in [0.05, 0.1) is 29.0 Å². The van der Waals surface area contributed by atoms with E-state index >= 15 is 0 Å². The maximum Gasteiger partial charge on any atom is 0.251 e. The van der Waals surface area contributed by atoms with Crippen molar-refractivity contribution < 1.29 is 13.2 Å². The molecule has 33 heavy (non-hydrogen) atoms. The van der Waals surface area contributed by atoms with Crippen molar-refractivity contribution in [3.8, 4) is 0 Å². The minimum Gasteiger partial charge on any atom is -0.342 e. The lowest BCUT2D eigenvalue weighted by Gasteiger charge is -2.18. The third-order valence-electron chi connectivity index (χ3n) is 5.92. The molecule has 4 aromatic rings. The van der Waals surface area contributed by atoms with Gasteiger partial charge in [0, 0.05) is 12.1 Å². The molecule has 3 aromatic carbocycles. The van der Waals surface area contributed by atoms with Crippen molar-refractivity contribution in [3.63, 3.8) is 0 Å². The fraction of sp³-hybridized carbons (Fsp3) is 0.200. The Balaban J connectivity index is 1.44. The number of anilines is 1. The first kappa shape index (κ1) is 21.2. The van der Waals surface area contributed by atoms with Gasteiger partial charge in [-0.25, -0.2) is 13.4 Å². The minimum atomic E-state index is -3.33. The SMILES string of the molecule is CS(=O)(=O)N1CCc2cc(C(=O)NC(Cc3ccccc3)c3nc4ccccc4[nH]3)ccc21. The van der Waals surface area contributed by atoms with Gasteiger partial charge >= 0.3 is 0 Å². The fourth-order valence-corrected chi connectivity index (χ4v) is 5.26. The van der Waals surface area contributed by atoms with Gasteiger partial charge < -0.3 is 10.3 Å². The van der Waals surface area contributed by atoms with Gasteiger partial charge in [-0.2, -0.15) is 0 Å². The van der Waals surface area contributed by atoms with Crippen LogP contribution in [0, 0.1) is 0 Å². The average molecular weight is 461 g/mol. The Labute approximate surface area is 192 Å². The number of nitrogens with zero attached hydrogens (tertiary/aromatic N) is 2. The van der Waals surface area contributed by atoms with Crippen molar-refractivity contribution in [2.75, 3.05) is 17.1 Å². The lowest BCUT2D eigenvalue weighted by molar-refractivity contribution is 0.0935. The van der Waals surface area contributed by atoms with E-state index in [-0.39, 0.29) is 11.9 Å². The highest BCUT2D eigenvalue weighted by molar-refractivity contribution is 7.92. The van der Waals surface area contributed by atoms with Crippen LogP contribution in [0.2, 0.25) is 0 Å². The molecule has 1 aliphatic heterocycles. The molecule has 0 saturated carbocycles. The Morgan fingerprint density at radius 3 is 2.61 bits per heavy atom. The van der Waals surface area contributed by atoms with E-state index in [9.17, 15) is 13.2 Å². The van der Waals surface area contributed by atoms with Crippen molar-refractivity contribution in [1.29, 1.82) is 0 Å². The summed E-state index contributed by atoms with van der Waals surface area (Å²) in [5.41, 5.74) is 4.85. The Morgan fingerprint density at radius 1 is 1.09 bits per heavy atom. The van der Waals surface area contributed by atoms with E-state index in [0.29, 0.717) is 36.5 Å². The van der Waals surface area contributed by atoms with Crippen LogP contribution >= 0.6 is 0 Å². The molecular weight excluding hydrogens is 436 g/mol. The number of amides is 1. The van der Waals surface area contributed by atoms with Crippen molar-refractivity contribution in [2.24, 2.45) is 0 Å². The van der Waals surface area contributed by atoms with Crippen molar-refractivity contribution in [3.05, 3.63) is 95.3 Å². The number of carbonyl (C=O) groups is 1. The molecule has 1 unspecified atom stereocenters. The third-order valence-corrected chi connectivity index (χ3v) is 7.10. The third kappa shape index (κ3) is 4.34. The molecule has 0 aliphatic carbocycles. The van der Waals surface area contributed by atoms with Gasteiger partial charge in [-0.05, 0) is 54.3 Å². The number of H-pyrrole nitrogens is 1. The smallest absolute Gasteiger partial charge is 0.251 e. The summed E-state index contributed by atoms with van der Waals surface area (Å²) in [6.45, 7) is 0.398. The maximum absolute atomic E-state index is 13.2. The summed E-state index contributed by atoms with van der Waals surface area (Å²) in [6.07, 6.45) is 2.37. The van der Waals surface area contributed by atoms with Gasteiger partial charge in [0.15, 0.2) is 0 Å². The molecule has 7 nitrogen and oxygen atoms in total. The van der Waals surface area contributed by atoms with Crippen LogP contribution in [0.4, 0.5) is 5.69 Å². The van der Waals surface area contributed by atoms with E-state index in [1.165, 1.54) is 10.6 Å². The number of aromatic nitrogens is 2. The van der Waals surface area contributed by atoms with Crippen LogP contribution in [0.15, 0.2) is 72.8 Å². The van der Waals surface area contributed by atoms with Crippen LogP contribution in [-0.2, 0) is 22.9 Å². The van der Waals surface area contributed by atoms with Crippen molar-refractivity contribution >= 4 is 32.7 Å². The monoisotopic (exact) mass is 460 g/mol. The predicted octanol–water partition coefficient (Wildman–Crippen LogP) is 3.60. The zero-order valence-electron chi connectivity index (χ0n) is 18.2. The average Bonchev–Trinajstić information content (AvgIpc) is 3.43. The van der Waals surface area contributed by atoms with Crippen LogP contribution < -0.4 is 9.62 Å². The molecule has 0 saturated heterocycles. The van der Waals surface area contributed by atoms with Crippen LogP contribution in [0.1, 0.15) is 33.4 Å². The van der Waals surface area contributed by atoms with Crippen LogP contribution in [0.25, 0.3) is 11.0 Å². The molecule has 0 fully saturated rings. The second-order valence-corrected chi connectivity index (χ2v) is 10.2. The molecule has 8 heteroatoms. The van der Waals surface area contributed by atoms with Gasteiger partial charge in [-0.1, -0.05) is 42.5 Å². The fourth-order valence-electron chi connectivity index (χ4n) is 4.30. The summed E-state index contributed by atoms with van der Waals surface area (Å²) < 4.78 is 25.4. The van der Waals surface area contributed by atoms with E-state index < -0.39 is 10.0 Å². The standard InChI is InChI=1S/C25H24N4O3S/c1-33(31,32)29-14-13-18-16-19(11-12-23(18)29)25(30)28-22(15-17-7-3-2-4-8-17)24-26-20-9-5-6-10-21(20)27-24/h2-12,16,22H,13-15H2,1H3,(H,26,27)(H,28,30). The molecule has 5 rings (SSSR count). The number of hydrogen-bond acceptors (Lipinski definition) is 4. The topological polar surface area (TPSA) is 95.2 Å². The highest BCUT2D eigenvalue weighted by atomic mass is 32.2. The van der Waals surface area contributed by atoms with Crippen LogP contribution in [0.3, 0.4) is 0 Å². The van der Waals surface area contributed by atoms with Crippen molar-refractivity contribution in [1.82, 2.24) is 15.3 Å². The number of aromatic amines is 1. The van der Waals surface area contributed by atoms with Crippen molar-refractivity contribution in [2.45, 2.75) is 18.9 Å². The van der Waals surface area contributed by atoms with E-state index in [1.807, 2.05) is 54.6 Å². The number of hydrogen-bond donors (Lipinski definition) is 2. The summed E-state index contributed by atoms with van der Waals surface area (Å²) in [4.78, 5) is 21.3. The Morgan fingerprint density at radius 2 is 1.85 bits per heavy atom. The molecule has 1 aliphatic rings. The highest BCUT2D eigenvalue weighted by Gasteiger charge is 2.27. The lowest BCUT2D eigenvalue weighted by atomic mass is 10.0. The number of rotatable bonds is 6. The highest BCUT2D eigenvalue weighted by Crippen LogP contribution is 2.31. The van der Waals surface area contributed by atoms with E-state index in [0.717, 1.165) is 22.2 Å². The quantitative estimate of drug-likeness (QED) is 0.460. The van der Waals surface area contributed by atoms with E-state index in [2.05, 4.69) is 10.3 Å². The first-order chi connectivity index (χ1) is 15.9. The first-order valence-corrected chi connectivity index (χ1v) is 12.6. The second-order valence-electron chi connectivity index (χ2n) is 8.28. The number of para-hydroxylation sites is 2. The zero-order chi connectivity index (χ0) is 23.0. The summed E-state index contributed by atoms with van der Waals surface area (Å²) in [5, 5.41) is 3.13. The summed E-state index contributed by atoms with van der Waals surface area (Å²) in [7, 11) is -3.33. The summed E-state index contributed by atoms with van der Waals surface area (Å²) in [6, 6.07) is 22.6. The molecule has 0 bridgehead atoms. The number of fused-ring (bicyclic) bond motifs is 2.